The number of nitro benzene ring substituents is 1. The van der Waals surface area contributed by atoms with Crippen molar-refractivity contribution in [3.05, 3.63) is 107 Å². The van der Waals surface area contributed by atoms with Crippen LogP contribution in [-0.4, -0.2) is 30.4 Å². The van der Waals surface area contributed by atoms with Crippen LogP contribution in [-0.2, 0) is 21.4 Å². The first kappa shape index (κ1) is 25.0. The maximum absolute atomic E-state index is 13.5. The van der Waals surface area contributed by atoms with Crippen molar-refractivity contribution in [2.75, 3.05) is 16.2 Å². The summed E-state index contributed by atoms with van der Waals surface area (Å²) in [5, 5.41) is 16.2. The number of nitro groups is 1. The molecule has 192 valence electrons. The largest absolute Gasteiger partial charge is 0.341 e. The van der Waals surface area contributed by atoms with Gasteiger partial charge in [0.1, 0.15) is 6.54 Å². The molecular formula is C28H24N4O5S. The number of nitrogens with zero attached hydrogens (tertiary/aromatic N) is 3. The predicted molar refractivity (Wildman–Crippen MR) is 148 cm³/mol. The summed E-state index contributed by atoms with van der Waals surface area (Å²) in [6.45, 7) is 2.27. The van der Waals surface area contributed by atoms with Gasteiger partial charge in [0, 0.05) is 46.2 Å². The summed E-state index contributed by atoms with van der Waals surface area (Å²) < 4.78 is 30.1. The van der Waals surface area contributed by atoms with Crippen molar-refractivity contribution < 1.29 is 18.1 Å². The Balaban J connectivity index is 1.50. The second-order valence-electron chi connectivity index (χ2n) is 8.64. The Labute approximate surface area is 219 Å². The van der Waals surface area contributed by atoms with Gasteiger partial charge in [-0.2, -0.15) is 0 Å². The van der Waals surface area contributed by atoms with E-state index in [0.29, 0.717) is 5.69 Å². The van der Waals surface area contributed by atoms with Gasteiger partial charge in [-0.15, -0.1) is 0 Å². The van der Waals surface area contributed by atoms with Gasteiger partial charge in [-0.1, -0.05) is 42.5 Å². The topological polar surface area (TPSA) is 115 Å². The van der Waals surface area contributed by atoms with E-state index in [9.17, 15) is 23.3 Å². The molecule has 0 bridgehead atoms. The molecule has 1 N–H and O–H groups in total. The SMILES string of the molecule is CCn1c2ccccc2c2cc(NC(=O)CN(c3cccc([N+](=O)[O-])c3)S(=O)(=O)c3ccccc3)ccc21. The normalized spacial score (nSPS) is 11.5. The van der Waals surface area contributed by atoms with Crippen LogP contribution in [0.25, 0.3) is 21.8 Å². The van der Waals surface area contributed by atoms with Crippen molar-refractivity contribution in [2.45, 2.75) is 18.4 Å². The van der Waals surface area contributed by atoms with E-state index in [2.05, 4.69) is 16.8 Å². The summed E-state index contributed by atoms with van der Waals surface area (Å²) in [7, 11) is -4.20. The zero-order valence-electron chi connectivity index (χ0n) is 20.4. The number of fused-ring (bicyclic) bond motifs is 3. The number of hydrogen-bond acceptors (Lipinski definition) is 5. The Morgan fingerprint density at radius 2 is 1.61 bits per heavy atom. The van der Waals surface area contributed by atoms with Crippen molar-refractivity contribution in [1.29, 1.82) is 0 Å². The minimum Gasteiger partial charge on any atom is -0.341 e. The first-order valence-corrected chi connectivity index (χ1v) is 13.4. The van der Waals surface area contributed by atoms with Crippen LogP contribution >= 0.6 is 0 Å². The summed E-state index contributed by atoms with van der Waals surface area (Å²) in [6.07, 6.45) is 0. The predicted octanol–water partition coefficient (Wildman–Crippen LogP) is 5.56. The second kappa shape index (κ2) is 9.98. The molecule has 0 saturated carbocycles. The van der Waals surface area contributed by atoms with Crippen LogP contribution < -0.4 is 9.62 Å². The van der Waals surface area contributed by atoms with Gasteiger partial charge in [-0.05, 0) is 49.4 Å². The van der Waals surface area contributed by atoms with Gasteiger partial charge in [0.05, 0.1) is 15.5 Å². The molecule has 5 aromatic rings. The number of benzene rings is 4. The number of carbonyl (C=O) groups excluding carboxylic acids is 1. The monoisotopic (exact) mass is 528 g/mol. The van der Waals surface area contributed by atoms with Crippen LogP contribution in [0.5, 0.6) is 0 Å². The highest BCUT2D eigenvalue weighted by Gasteiger charge is 2.28. The van der Waals surface area contributed by atoms with Crippen molar-refractivity contribution in [1.82, 2.24) is 4.57 Å². The van der Waals surface area contributed by atoms with E-state index in [1.54, 1.807) is 24.3 Å². The lowest BCUT2D eigenvalue weighted by Gasteiger charge is -2.24. The summed E-state index contributed by atoms with van der Waals surface area (Å²) in [4.78, 5) is 23.9. The first-order valence-electron chi connectivity index (χ1n) is 11.9. The summed E-state index contributed by atoms with van der Waals surface area (Å²) >= 11 is 0. The lowest BCUT2D eigenvalue weighted by Crippen LogP contribution is -2.38. The summed E-state index contributed by atoms with van der Waals surface area (Å²) in [6, 6.07) is 26.4. The van der Waals surface area contributed by atoms with Crippen LogP contribution in [0.1, 0.15) is 6.92 Å². The molecule has 1 aromatic heterocycles. The highest BCUT2D eigenvalue weighted by molar-refractivity contribution is 7.92. The third kappa shape index (κ3) is 4.57. The molecule has 0 radical (unpaired) electrons. The molecule has 9 nitrogen and oxygen atoms in total. The number of nitrogens with one attached hydrogen (secondary N) is 1. The summed E-state index contributed by atoms with van der Waals surface area (Å²) in [5.41, 5.74) is 2.35. The van der Waals surface area contributed by atoms with Gasteiger partial charge >= 0.3 is 0 Å². The average Bonchev–Trinajstić information content (AvgIpc) is 3.25. The van der Waals surface area contributed by atoms with Crippen molar-refractivity contribution >= 4 is 54.8 Å². The van der Waals surface area contributed by atoms with E-state index in [1.165, 1.54) is 30.3 Å². The number of rotatable bonds is 8. The molecule has 1 amide bonds. The number of aryl methyl sites for hydroxylation is 1. The number of non-ortho nitro benzene ring substituents is 1. The molecule has 0 fully saturated rings. The standard InChI is InChI=1S/C28H24N4O5S/c1-2-30-26-14-7-6-13-24(26)25-17-20(15-16-27(25)30)29-28(33)19-31(21-9-8-10-22(18-21)32(34)35)38(36,37)23-11-4-3-5-12-23/h3-18H,2,19H2,1H3,(H,29,33). The highest BCUT2D eigenvalue weighted by atomic mass is 32.2. The lowest BCUT2D eigenvalue weighted by molar-refractivity contribution is -0.384. The van der Waals surface area contributed by atoms with Gasteiger partial charge < -0.3 is 9.88 Å². The van der Waals surface area contributed by atoms with Crippen LogP contribution in [0.2, 0.25) is 0 Å². The van der Waals surface area contributed by atoms with Gasteiger partial charge in [-0.25, -0.2) is 8.42 Å². The quantitative estimate of drug-likeness (QED) is 0.209. The Hall–Kier alpha value is -4.70. The molecule has 38 heavy (non-hydrogen) atoms. The summed E-state index contributed by atoms with van der Waals surface area (Å²) in [5.74, 6) is -0.588. The van der Waals surface area contributed by atoms with Gasteiger partial charge in [-0.3, -0.25) is 19.2 Å². The smallest absolute Gasteiger partial charge is 0.271 e. The van der Waals surface area contributed by atoms with Gasteiger partial charge in [0.25, 0.3) is 15.7 Å². The Bertz CT molecular complexity index is 1780. The van der Waals surface area contributed by atoms with E-state index < -0.39 is 27.4 Å². The van der Waals surface area contributed by atoms with E-state index in [4.69, 9.17) is 0 Å². The van der Waals surface area contributed by atoms with Crippen LogP contribution in [0.4, 0.5) is 17.1 Å². The number of carbonyl (C=O) groups is 1. The molecule has 0 aliphatic heterocycles. The number of aromatic nitrogens is 1. The number of hydrogen-bond donors (Lipinski definition) is 1. The average molecular weight is 529 g/mol. The molecule has 0 aliphatic rings. The Morgan fingerprint density at radius 3 is 2.34 bits per heavy atom. The molecule has 0 unspecified atom stereocenters. The highest BCUT2D eigenvalue weighted by Crippen LogP contribution is 2.31. The molecule has 4 aromatic carbocycles. The zero-order valence-corrected chi connectivity index (χ0v) is 21.3. The van der Waals surface area contributed by atoms with E-state index in [1.807, 2.05) is 36.4 Å². The Morgan fingerprint density at radius 1 is 0.895 bits per heavy atom. The maximum atomic E-state index is 13.5. The molecule has 0 atom stereocenters. The fraction of sp³-hybridized carbons (Fsp3) is 0.107. The lowest BCUT2D eigenvalue weighted by atomic mass is 10.1. The van der Waals surface area contributed by atoms with Crippen molar-refractivity contribution in [3.63, 3.8) is 0 Å². The van der Waals surface area contributed by atoms with Gasteiger partial charge in [0.15, 0.2) is 0 Å². The fourth-order valence-electron chi connectivity index (χ4n) is 4.60. The minimum atomic E-state index is -4.20. The van der Waals surface area contributed by atoms with Crippen LogP contribution in [0.15, 0.2) is 102 Å². The molecule has 0 aliphatic carbocycles. The van der Waals surface area contributed by atoms with Gasteiger partial charge in [0.2, 0.25) is 5.91 Å². The van der Waals surface area contributed by atoms with E-state index >= 15 is 0 Å². The fourth-order valence-corrected chi connectivity index (χ4v) is 6.03. The molecule has 1 heterocycles. The first-order chi connectivity index (χ1) is 18.3. The number of anilines is 2. The third-order valence-electron chi connectivity index (χ3n) is 6.32. The third-order valence-corrected chi connectivity index (χ3v) is 8.11. The van der Waals surface area contributed by atoms with Crippen molar-refractivity contribution in [2.24, 2.45) is 0 Å². The Kier molecular flexibility index (Phi) is 6.56. The number of amides is 1. The van der Waals surface area contributed by atoms with E-state index in [-0.39, 0.29) is 16.3 Å². The molecule has 0 saturated heterocycles. The molecule has 0 spiro atoms. The molecule has 10 heteroatoms. The number of para-hydroxylation sites is 1. The second-order valence-corrected chi connectivity index (χ2v) is 10.5. The number of sulfonamides is 1. The molecular weight excluding hydrogens is 504 g/mol. The zero-order chi connectivity index (χ0) is 26.9. The van der Waals surface area contributed by atoms with Crippen LogP contribution in [0.3, 0.4) is 0 Å². The van der Waals surface area contributed by atoms with Crippen molar-refractivity contribution in [3.8, 4) is 0 Å². The maximum Gasteiger partial charge on any atom is 0.271 e. The van der Waals surface area contributed by atoms with E-state index in [0.717, 1.165) is 38.7 Å². The molecule has 5 rings (SSSR count). The minimum absolute atomic E-state index is 0.0136. The van der Waals surface area contributed by atoms with Crippen LogP contribution in [0, 0.1) is 10.1 Å².